The van der Waals surface area contributed by atoms with E-state index in [1.54, 1.807) is 36.0 Å². The highest BCUT2D eigenvalue weighted by Gasteiger charge is 2.29. The number of anilines is 1. The molecule has 0 radical (unpaired) electrons. The maximum Gasteiger partial charge on any atom is 0.227 e. The minimum atomic E-state index is 0.0870. The van der Waals surface area contributed by atoms with E-state index in [1.165, 1.54) is 0 Å². The molecule has 1 aromatic carbocycles. The number of rotatable bonds is 5. The molecule has 3 aromatic rings. The summed E-state index contributed by atoms with van der Waals surface area (Å²) < 4.78 is 7.46. The summed E-state index contributed by atoms with van der Waals surface area (Å²) in [4.78, 5) is 20.4. The molecule has 0 bridgehead atoms. The van der Waals surface area contributed by atoms with Crippen LogP contribution < -0.4 is 10.1 Å². The highest BCUT2D eigenvalue weighted by atomic mass is 16.5. The summed E-state index contributed by atoms with van der Waals surface area (Å²) in [6.45, 7) is 1.80. The predicted octanol–water partition coefficient (Wildman–Crippen LogP) is 3.11. The maximum absolute atomic E-state index is 11.8. The van der Waals surface area contributed by atoms with Gasteiger partial charge in [-0.05, 0) is 50.1 Å². The quantitative estimate of drug-likeness (QED) is 0.775. The zero-order valence-electron chi connectivity index (χ0n) is 13.7. The van der Waals surface area contributed by atoms with Crippen molar-refractivity contribution in [1.29, 1.82) is 0 Å². The number of aryl methyl sites for hydroxylation is 1. The van der Waals surface area contributed by atoms with E-state index in [0.717, 1.165) is 18.5 Å². The highest BCUT2D eigenvalue weighted by Crippen LogP contribution is 2.30. The number of ether oxygens (including phenoxy) is 1. The monoisotopic (exact) mass is 335 g/mol. The van der Waals surface area contributed by atoms with Crippen molar-refractivity contribution in [2.75, 3.05) is 5.32 Å². The van der Waals surface area contributed by atoms with Gasteiger partial charge in [-0.1, -0.05) is 0 Å². The van der Waals surface area contributed by atoms with Gasteiger partial charge in [0.15, 0.2) is 5.82 Å². The molecule has 1 fully saturated rings. The Hall–Kier alpha value is -3.22. The van der Waals surface area contributed by atoms with Crippen LogP contribution in [0.2, 0.25) is 0 Å². The van der Waals surface area contributed by atoms with Gasteiger partial charge in [0.1, 0.15) is 11.6 Å². The molecule has 1 amide bonds. The Labute approximate surface area is 144 Å². The number of carbonyl (C=O) groups excluding carboxylic acids is 1. The Kier molecular flexibility index (Phi) is 3.89. The van der Waals surface area contributed by atoms with E-state index in [4.69, 9.17) is 4.74 Å². The third kappa shape index (κ3) is 3.65. The summed E-state index contributed by atoms with van der Waals surface area (Å²) >= 11 is 0. The van der Waals surface area contributed by atoms with Crippen LogP contribution in [-0.2, 0) is 4.79 Å². The molecule has 25 heavy (non-hydrogen) atoms. The molecule has 2 heterocycles. The number of carbonyl (C=O) groups is 1. The van der Waals surface area contributed by atoms with Gasteiger partial charge >= 0.3 is 0 Å². The molecule has 2 aromatic heterocycles. The third-order valence-electron chi connectivity index (χ3n) is 3.83. The van der Waals surface area contributed by atoms with Crippen molar-refractivity contribution in [1.82, 2.24) is 19.7 Å². The highest BCUT2D eigenvalue weighted by molar-refractivity contribution is 5.94. The molecule has 0 unspecified atom stereocenters. The Balaban J connectivity index is 1.49. The van der Waals surface area contributed by atoms with Crippen LogP contribution in [0.5, 0.6) is 11.6 Å². The molecule has 0 atom stereocenters. The van der Waals surface area contributed by atoms with E-state index in [-0.39, 0.29) is 11.8 Å². The van der Waals surface area contributed by atoms with Gasteiger partial charge in [0.25, 0.3) is 0 Å². The first-order chi connectivity index (χ1) is 12.2. The number of nitrogens with zero attached hydrogens (tertiary/aromatic N) is 4. The minimum Gasteiger partial charge on any atom is -0.439 e. The van der Waals surface area contributed by atoms with Crippen molar-refractivity contribution in [2.24, 2.45) is 5.92 Å². The van der Waals surface area contributed by atoms with Crippen LogP contribution in [0.3, 0.4) is 0 Å². The molecule has 1 aliphatic rings. The molecule has 7 nitrogen and oxygen atoms in total. The molecule has 7 heteroatoms. The van der Waals surface area contributed by atoms with Gasteiger partial charge in [0, 0.05) is 30.1 Å². The number of benzene rings is 1. The number of hydrogen-bond donors (Lipinski definition) is 1. The average Bonchev–Trinajstić information content (AvgIpc) is 3.31. The van der Waals surface area contributed by atoms with Crippen LogP contribution in [0.1, 0.15) is 18.7 Å². The van der Waals surface area contributed by atoms with Crippen molar-refractivity contribution in [3.8, 4) is 17.4 Å². The van der Waals surface area contributed by atoms with E-state index in [9.17, 15) is 4.79 Å². The lowest BCUT2D eigenvalue weighted by atomic mass is 10.3. The fourth-order valence-electron chi connectivity index (χ4n) is 2.42. The van der Waals surface area contributed by atoms with Crippen LogP contribution in [0.4, 0.5) is 5.69 Å². The molecule has 0 aliphatic heterocycles. The van der Waals surface area contributed by atoms with Gasteiger partial charge in [0.05, 0.1) is 0 Å². The third-order valence-corrected chi connectivity index (χ3v) is 3.83. The molecule has 1 aliphatic carbocycles. The largest absolute Gasteiger partial charge is 0.439 e. The normalized spacial score (nSPS) is 13.5. The van der Waals surface area contributed by atoms with E-state index < -0.39 is 0 Å². The first kappa shape index (κ1) is 15.3. The van der Waals surface area contributed by atoms with Crippen molar-refractivity contribution < 1.29 is 9.53 Å². The summed E-state index contributed by atoms with van der Waals surface area (Å²) in [5, 5.41) is 7.06. The lowest BCUT2D eigenvalue weighted by molar-refractivity contribution is -0.117. The first-order valence-corrected chi connectivity index (χ1v) is 8.12. The van der Waals surface area contributed by atoms with E-state index in [1.807, 2.05) is 24.4 Å². The number of amides is 1. The molecule has 4 rings (SSSR count). The van der Waals surface area contributed by atoms with Gasteiger partial charge < -0.3 is 10.1 Å². The Morgan fingerprint density at radius 2 is 2.04 bits per heavy atom. The second kappa shape index (κ2) is 6.35. The van der Waals surface area contributed by atoms with E-state index >= 15 is 0 Å². The second-order valence-corrected chi connectivity index (χ2v) is 5.95. The van der Waals surface area contributed by atoms with Gasteiger partial charge in [-0.15, -0.1) is 0 Å². The summed E-state index contributed by atoms with van der Waals surface area (Å²) in [6.07, 6.45) is 5.47. The van der Waals surface area contributed by atoms with Gasteiger partial charge in [-0.3, -0.25) is 4.79 Å². The maximum atomic E-state index is 11.8. The van der Waals surface area contributed by atoms with E-state index in [2.05, 4.69) is 20.4 Å². The van der Waals surface area contributed by atoms with Gasteiger partial charge in [-0.25, -0.2) is 9.67 Å². The molecule has 0 spiro atoms. The average molecular weight is 335 g/mol. The number of aromatic nitrogens is 4. The van der Waals surface area contributed by atoms with Crippen molar-refractivity contribution >= 4 is 11.6 Å². The molecule has 1 saturated carbocycles. The fourth-order valence-corrected chi connectivity index (χ4v) is 2.42. The fraction of sp³-hybridized carbons (Fsp3) is 0.222. The van der Waals surface area contributed by atoms with Crippen LogP contribution in [0.15, 0.2) is 48.8 Å². The number of hydrogen-bond acceptors (Lipinski definition) is 5. The summed E-state index contributed by atoms with van der Waals surface area (Å²) in [5.41, 5.74) is 0.764. The van der Waals surface area contributed by atoms with Gasteiger partial charge in [0.2, 0.25) is 11.8 Å². The summed E-state index contributed by atoms with van der Waals surface area (Å²) in [7, 11) is 0. The van der Waals surface area contributed by atoms with E-state index in [0.29, 0.717) is 23.3 Å². The van der Waals surface area contributed by atoms with Crippen molar-refractivity contribution in [3.05, 3.63) is 54.6 Å². The van der Waals surface area contributed by atoms with Crippen LogP contribution in [-0.4, -0.2) is 25.7 Å². The lowest BCUT2D eigenvalue weighted by Crippen LogP contribution is -2.12. The van der Waals surface area contributed by atoms with Gasteiger partial charge in [-0.2, -0.15) is 10.1 Å². The molecule has 1 N–H and O–H groups in total. The Morgan fingerprint density at radius 3 is 2.72 bits per heavy atom. The number of nitrogens with one attached hydrogen (secondary N) is 1. The minimum absolute atomic E-state index is 0.0870. The van der Waals surface area contributed by atoms with Crippen LogP contribution in [0.25, 0.3) is 5.82 Å². The summed E-state index contributed by atoms with van der Waals surface area (Å²) in [5.74, 6) is 2.57. The predicted molar refractivity (Wildman–Crippen MR) is 91.8 cm³/mol. The Bertz CT molecular complexity index is 886. The molecular formula is C18H17N5O2. The summed E-state index contributed by atoms with van der Waals surface area (Å²) in [6, 6.07) is 10.8. The standard InChI is InChI=1S/C18H17N5O2/c1-12-20-16(23-10-2-9-19-23)11-17(21-12)25-15-7-5-14(6-8-15)22-18(24)13-3-4-13/h2,5-11,13H,3-4H2,1H3,(H,22,24). The zero-order valence-corrected chi connectivity index (χ0v) is 13.7. The van der Waals surface area contributed by atoms with Crippen molar-refractivity contribution in [2.45, 2.75) is 19.8 Å². The zero-order chi connectivity index (χ0) is 17.2. The molecule has 126 valence electrons. The van der Waals surface area contributed by atoms with Crippen LogP contribution in [0, 0.1) is 12.8 Å². The first-order valence-electron chi connectivity index (χ1n) is 8.12. The Morgan fingerprint density at radius 1 is 1.24 bits per heavy atom. The molecular weight excluding hydrogens is 318 g/mol. The lowest BCUT2D eigenvalue weighted by Gasteiger charge is -2.09. The molecule has 0 saturated heterocycles. The smallest absolute Gasteiger partial charge is 0.227 e. The second-order valence-electron chi connectivity index (χ2n) is 5.95. The topological polar surface area (TPSA) is 81.9 Å². The SMILES string of the molecule is Cc1nc(Oc2ccc(NC(=O)C3CC3)cc2)cc(-n2cccn2)n1. The van der Waals surface area contributed by atoms with Crippen molar-refractivity contribution in [3.63, 3.8) is 0 Å². The van der Waals surface area contributed by atoms with Crippen LogP contribution >= 0.6 is 0 Å².